The van der Waals surface area contributed by atoms with Crippen LogP contribution >= 0.6 is 11.6 Å². The van der Waals surface area contributed by atoms with E-state index in [1.165, 1.54) is 0 Å². The standard InChI is InChI=1S/C13H8ClF/c14-13-10-6-2-4-8-3-1-5-9(12(8)10)7-11(13)15/h1-6H,7H2. The first-order chi connectivity index (χ1) is 7.27. The predicted molar refractivity (Wildman–Crippen MR) is 61.5 cm³/mol. The summed E-state index contributed by atoms with van der Waals surface area (Å²) in [6.45, 7) is 0. The molecule has 0 spiro atoms. The van der Waals surface area contributed by atoms with Crippen molar-refractivity contribution >= 4 is 27.4 Å². The minimum absolute atomic E-state index is 0.233. The molecule has 0 radical (unpaired) electrons. The van der Waals surface area contributed by atoms with Gasteiger partial charge in [0.05, 0.1) is 5.03 Å². The molecule has 0 N–H and O–H groups in total. The lowest BCUT2D eigenvalue weighted by atomic mass is 9.92. The van der Waals surface area contributed by atoms with Crippen molar-refractivity contribution in [3.8, 4) is 0 Å². The molecule has 0 aromatic heterocycles. The van der Waals surface area contributed by atoms with E-state index >= 15 is 0 Å². The van der Waals surface area contributed by atoms with Crippen molar-refractivity contribution in [2.24, 2.45) is 0 Å². The fourth-order valence-electron chi connectivity index (χ4n) is 2.14. The lowest BCUT2D eigenvalue weighted by Gasteiger charge is -2.16. The molecule has 0 saturated heterocycles. The van der Waals surface area contributed by atoms with Gasteiger partial charge in [-0.25, -0.2) is 4.39 Å². The summed E-state index contributed by atoms with van der Waals surface area (Å²) in [5.41, 5.74) is 1.83. The van der Waals surface area contributed by atoms with Crippen LogP contribution in [0.3, 0.4) is 0 Å². The minimum Gasteiger partial charge on any atom is -0.210 e. The van der Waals surface area contributed by atoms with Crippen LogP contribution in [0.25, 0.3) is 15.8 Å². The molecule has 0 nitrogen and oxygen atoms in total. The summed E-state index contributed by atoms with van der Waals surface area (Å²) < 4.78 is 13.5. The Kier molecular flexibility index (Phi) is 1.83. The van der Waals surface area contributed by atoms with E-state index in [9.17, 15) is 4.39 Å². The highest BCUT2D eigenvalue weighted by atomic mass is 35.5. The first-order valence-corrected chi connectivity index (χ1v) is 5.20. The third kappa shape index (κ3) is 1.20. The van der Waals surface area contributed by atoms with Crippen molar-refractivity contribution in [1.82, 2.24) is 0 Å². The molecule has 2 heteroatoms. The number of benzene rings is 2. The maximum absolute atomic E-state index is 13.5. The Balaban J connectivity index is 2.50. The molecular weight excluding hydrogens is 211 g/mol. The summed E-state index contributed by atoms with van der Waals surface area (Å²) in [7, 11) is 0. The van der Waals surface area contributed by atoms with Gasteiger partial charge >= 0.3 is 0 Å². The molecule has 0 aliphatic heterocycles. The van der Waals surface area contributed by atoms with Gasteiger partial charge in [-0.05, 0) is 16.3 Å². The lowest BCUT2D eigenvalue weighted by molar-refractivity contribution is 0.618. The van der Waals surface area contributed by atoms with Gasteiger partial charge < -0.3 is 0 Å². The van der Waals surface area contributed by atoms with E-state index in [-0.39, 0.29) is 10.9 Å². The molecule has 0 amide bonds. The van der Waals surface area contributed by atoms with Crippen LogP contribution in [-0.4, -0.2) is 0 Å². The van der Waals surface area contributed by atoms with Crippen molar-refractivity contribution in [1.29, 1.82) is 0 Å². The second kappa shape index (κ2) is 3.07. The Labute approximate surface area is 92.0 Å². The molecule has 2 aromatic carbocycles. The topological polar surface area (TPSA) is 0 Å². The van der Waals surface area contributed by atoms with E-state index in [1.807, 2.05) is 36.4 Å². The third-order valence-corrected chi connectivity index (χ3v) is 3.22. The highest BCUT2D eigenvalue weighted by Crippen LogP contribution is 2.38. The highest BCUT2D eigenvalue weighted by molar-refractivity contribution is 6.50. The number of hydrogen-bond acceptors (Lipinski definition) is 0. The molecule has 3 rings (SSSR count). The monoisotopic (exact) mass is 218 g/mol. The smallest absolute Gasteiger partial charge is 0.123 e. The second-order valence-corrected chi connectivity index (χ2v) is 4.09. The quantitative estimate of drug-likeness (QED) is 0.619. The number of halogens is 2. The zero-order valence-electron chi connectivity index (χ0n) is 7.93. The first-order valence-electron chi connectivity index (χ1n) is 4.82. The van der Waals surface area contributed by atoms with Crippen LogP contribution in [0.4, 0.5) is 4.39 Å². The lowest BCUT2D eigenvalue weighted by Crippen LogP contribution is -1.98. The van der Waals surface area contributed by atoms with E-state index in [0.29, 0.717) is 6.42 Å². The van der Waals surface area contributed by atoms with Crippen LogP contribution in [-0.2, 0) is 6.42 Å². The van der Waals surface area contributed by atoms with Gasteiger partial charge in [-0.1, -0.05) is 48.0 Å². The fourth-order valence-corrected chi connectivity index (χ4v) is 2.36. The van der Waals surface area contributed by atoms with E-state index in [0.717, 1.165) is 21.9 Å². The maximum atomic E-state index is 13.5. The zero-order chi connectivity index (χ0) is 10.4. The van der Waals surface area contributed by atoms with Gasteiger partial charge in [0, 0.05) is 12.0 Å². The summed E-state index contributed by atoms with van der Waals surface area (Å²) >= 11 is 5.97. The molecule has 15 heavy (non-hydrogen) atoms. The number of allylic oxidation sites excluding steroid dienone is 1. The fraction of sp³-hybridized carbons (Fsp3) is 0.0769. The highest BCUT2D eigenvalue weighted by Gasteiger charge is 2.18. The van der Waals surface area contributed by atoms with Gasteiger partial charge in [0.25, 0.3) is 0 Å². The Morgan fingerprint density at radius 2 is 1.80 bits per heavy atom. The van der Waals surface area contributed by atoms with Crippen LogP contribution < -0.4 is 0 Å². The summed E-state index contributed by atoms with van der Waals surface area (Å²) in [5.74, 6) is -0.233. The van der Waals surface area contributed by atoms with Crippen LogP contribution in [0.15, 0.2) is 42.2 Å². The summed E-state index contributed by atoms with van der Waals surface area (Å²) in [6.07, 6.45) is 0.313. The maximum Gasteiger partial charge on any atom is 0.123 e. The van der Waals surface area contributed by atoms with Gasteiger partial charge in [0.1, 0.15) is 5.83 Å². The Bertz CT molecular complexity index is 579. The zero-order valence-corrected chi connectivity index (χ0v) is 8.68. The molecule has 0 atom stereocenters. The van der Waals surface area contributed by atoms with Crippen molar-refractivity contribution in [3.05, 3.63) is 53.4 Å². The van der Waals surface area contributed by atoms with Crippen LogP contribution in [0.5, 0.6) is 0 Å². The Morgan fingerprint density at radius 3 is 2.60 bits per heavy atom. The third-order valence-electron chi connectivity index (χ3n) is 2.81. The van der Waals surface area contributed by atoms with Crippen molar-refractivity contribution < 1.29 is 4.39 Å². The van der Waals surface area contributed by atoms with Gasteiger partial charge in [0.2, 0.25) is 0 Å². The SMILES string of the molecule is FC1=C(Cl)c2cccc3cccc(c23)C1. The second-order valence-electron chi connectivity index (χ2n) is 3.72. The molecule has 0 saturated carbocycles. The van der Waals surface area contributed by atoms with E-state index in [1.54, 1.807) is 0 Å². The van der Waals surface area contributed by atoms with Gasteiger partial charge in [-0.3, -0.25) is 0 Å². The summed E-state index contributed by atoms with van der Waals surface area (Å²) in [5, 5.41) is 2.47. The minimum atomic E-state index is -0.233. The predicted octanol–water partition coefficient (Wildman–Crippen LogP) is 4.27. The molecule has 74 valence electrons. The molecule has 1 aliphatic carbocycles. The van der Waals surface area contributed by atoms with E-state index in [4.69, 9.17) is 11.6 Å². The van der Waals surface area contributed by atoms with Crippen molar-refractivity contribution in [2.45, 2.75) is 6.42 Å². The molecule has 0 bridgehead atoms. The average molecular weight is 219 g/mol. The van der Waals surface area contributed by atoms with E-state index in [2.05, 4.69) is 0 Å². The normalized spacial score (nSPS) is 14.8. The van der Waals surface area contributed by atoms with Crippen LogP contribution in [0.2, 0.25) is 0 Å². The molecule has 2 aromatic rings. The van der Waals surface area contributed by atoms with Crippen molar-refractivity contribution in [2.75, 3.05) is 0 Å². The number of rotatable bonds is 0. The molecule has 0 fully saturated rings. The van der Waals surface area contributed by atoms with Crippen molar-refractivity contribution in [3.63, 3.8) is 0 Å². The summed E-state index contributed by atoms with van der Waals surface area (Å²) in [4.78, 5) is 0. The molecular formula is C13H8ClF. The Hall–Kier alpha value is -1.34. The summed E-state index contributed by atoms with van der Waals surface area (Å²) in [6, 6.07) is 11.7. The largest absolute Gasteiger partial charge is 0.210 e. The molecule has 0 unspecified atom stereocenters. The number of hydrogen-bond donors (Lipinski definition) is 0. The van der Waals surface area contributed by atoms with Crippen LogP contribution in [0.1, 0.15) is 11.1 Å². The van der Waals surface area contributed by atoms with Crippen LogP contribution in [0, 0.1) is 0 Å². The first kappa shape index (κ1) is 8.93. The molecule has 1 aliphatic rings. The molecule has 0 heterocycles. The average Bonchev–Trinajstić information content (AvgIpc) is 2.26. The van der Waals surface area contributed by atoms with Gasteiger partial charge in [0.15, 0.2) is 0 Å². The van der Waals surface area contributed by atoms with Gasteiger partial charge in [-0.2, -0.15) is 0 Å². The van der Waals surface area contributed by atoms with E-state index < -0.39 is 0 Å². The Morgan fingerprint density at radius 1 is 1.07 bits per heavy atom. The van der Waals surface area contributed by atoms with Gasteiger partial charge in [-0.15, -0.1) is 0 Å².